The smallest absolute Gasteiger partial charge is 0.318 e. The molecule has 0 saturated carbocycles. The van der Waals surface area contributed by atoms with Gasteiger partial charge in [0.2, 0.25) is 8.03 Å². The number of carbonyl (C=O) groups excluding carboxylic acids is 1. The van der Waals surface area contributed by atoms with Crippen LogP contribution in [0.3, 0.4) is 0 Å². The van der Waals surface area contributed by atoms with E-state index in [1.54, 1.807) is 0 Å². The summed E-state index contributed by atoms with van der Waals surface area (Å²) >= 11 is 0. The fraction of sp³-hybridized carbons (Fsp3) is 0.417. The van der Waals surface area contributed by atoms with Crippen molar-refractivity contribution < 1.29 is 19.0 Å². The Kier molecular flexibility index (Phi) is 5.95. The number of hydrogen-bond donors (Lipinski definition) is 1. The summed E-state index contributed by atoms with van der Waals surface area (Å²) in [5, 5.41) is 0. The van der Waals surface area contributed by atoms with Gasteiger partial charge in [0.1, 0.15) is 12.3 Å². The van der Waals surface area contributed by atoms with Crippen LogP contribution in [0.1, 0.15) is 25.3 Å². The number of esters is 1. The molecule has 1 N–H and O–H groups in total. The average Bonchev–Trinajstić information content (AvgIpc) is 2.34. The normalized spacial score (nSPS) is 14.0. The molecule has 1 rings (SSSR count). The molecule has 0 aromatic heterocycles. The van der Waals surface area contributed by atoms with Crippen LogP contribution >= 0.6 is 8.03 Å². The van der Waals surface area contributed by atoms with E-state index < -0.39 is 19.7 Å². The van der Waals surface area contributed by atoms with E-state index >= 15 is 0 Å². The lowest BCUT2D eigenvalue weighted by Crippen LogP contribution is -2.19. The molecule has 5 heteroatoms. The van der Waals surface area contributed by atoms with E-state index in [1.165, 1.54) is 0 Å². The monoisotopic (exact) mass is 256 g/mol. The SMILES string of the molecule is CCCC(C(=O)OCc1ccccc1)[PH](=O)O. The second-order valence-electron chi connectivity index (χ2n) is 3.77. The number of ether oxygens (including phenoxy) is 1. The topological polar surface area (TPSA) is 63.6 Å². The molecule has 0 bridgehead atoms. The highest BCUT2D eigenvalue weighted by Gasteiger charge is 2.24. The van der Waals surface area contributed by atoms with Crippen LogP contribution in [-0.4, -0.2) is 16.5 Å². The van der Waals surface area contributed by atoms with Crippen molar-refractivity contribution in [3.63, 3.8) is 0 Å². The van der Waals surface area contributed by atoms with Crippen molar-refractivity contribution in [2.75, 3.05) is 0 Å². The molecule has 0 aliphatic carbocycles. The molecule has 4 nitrogen and oxygen atoms in total. The van der Waals surface area contributed by atoms with E-state index in [-0.39, 0.29) is 6.61 Å². The van der Waals surface area contributed by atoms with Crippen LogP contribution in [-0.2, 0) is 20.7 Å². The number of carbonyl (C=O) groups is 1. The molecule has 0 spiro atoms. The van der Waals surface area contributed by atoms with E-state index in [0.29, 0.717) is 12.8 Å². The van der Waals surface area contributed by atoms with Gasteiger partial charge in [-0.15, -0.1) is 0 Å². The predicted molar refractivity (Wildman–Crippen MR) is 66.2 cm³/mol. The van der Waals surface area contributed by atoms with Gasteiger partial charge in [-0.1, -0.05) is 43.7 Å². The molecule has 0 amide bonds. The molecule has 17 heavy (non-hydrogen) atoms. The first-order chi connectivity index (χ1) is 8.15. The van der Waals surface area contributed by atoms with Gasteiger partial charge in [0.05, 0.1) is 0 Å². The molecule has 0 radical (unpaired) electrons. The zero-order valence-corrected chi connectivity index (χ0v) is 10.8. The Balaban J connectivity index is 2.50. The molecule has 0 saturated heterocycles. The first kappa shape index (κ1) is 13.9. The zero-order chi connectivity index (χ0) is 12.7. The van der Waals surface area contributed by atoms with Gasteiger partial charge in [-0.2, -0.15) is 0 Å². The van der Waals surface area contributed by atoms with Crippen LogP contribution in [0.15, 0.2) is 30.3 Å². The van der Waals surface area contributed by atoms with Gasteiger partial charge in [-0.05, 0) is 12.0 Å². The van der Waals surface area contributed by atoms with Crippen LogP contribution in [0.5, 0.6) is 0 Å². The summed E-state index contributed by atoms with van der Waals surface area (Å²) in [6.45, 7) is 2.01. The lowest BCUT2D eigenvalue weighted by Gasteiger charge is -2.12. The maximum Gasteiger partial charge on any atom is 0.318 e. The minimum Gasteiger partial charge on any atom is -0.460 e. The predicted octanol–water partition coefficient (Wildman–Crippen LogP) is 2.37. The van der Waals surface area contributed by atoms with Crippen LogP contribution in [0.2, 0.25) is 0 Å². The molecule has 2 atom stereocenters. The molecular weight excluding hydrogens is 239 g/mol. The molecule has 0 heterocycles. The van der Waals surface area contributed by atoms with E-state index in [0.717, 1.165) is 5.56 Å². The lowest BCUT2D eigenvalue weighted by atomic mass is 10.2. The Morgan fingerprint density at radius 3 is 2.59 bits per heavy atom. The number of hydrogen-bond acceptors (Lipinski definition) is 3. The van der Waals surface area contributed by atoms with Gasteiger partial charge in [-0.3, -0.25) is 9.36 Å². The van der Waals surface area contributed by atoms with Crippen molar-refractivity contribution in [3.05, 3.63) is 35.9 Å². The van der Waals surface area contributed by atoms with Crippen LogP contribution in [0.25, 0.3) is 0 Å². The number of rotatable bonds is 6. The Morgan fingerprint density at radius 2 is 2.06 bits per heavy atom. The first-order valence-electron chi connectivity index (χ1n) is 5.58. The second kappa shape index (κ2) is 7.25. The molecule has 94 valence electrons. The van der Waals surface area contributed by atoms with Gasteiger partial charge in [0.25, 0.3) is 0 Å². The van der Waals surface area contributed by atoms with Gasteiger partial charge < -0.3 is 9.63 Å². The van der Waals surface area contributed by atoms with Crippen molar-refractivity contribution >= 4 is 14.0 Å². The van der Waals surface area contributed by atoms with Crippen molar-refractivity contribution in [1.82, 2.24) is 0 Å². The van der Waals surface area contributed by atoms with Gasteiger partial charge in [0.15, 0.2) is 0 Å². The molecule has 0 aliphatic rings. The third kappa shape index (κ3) is 4.72. The van der Waals surface area contributed by atoms with Crippen LogP contribution in [0.4, 0.5) is 0 Å². The minimum atomic E-state index is -2.86. The van der Waals surface area contributed by atoms with Crippen LogP contribution in [0, 0.1) is 0 Å². The first-order valence-corrected chi connectivity index (χ1v) is 7.01. The Bertz CT molecular complexity index is 377. The molecule has 1 aromatic rings. The fourth-order valence-corrected chi connectivity index (χ4v) is 2.28. The van der Waals surface area contributed by atoms with Crippen molar-refractivity contribution in [1.29, 1.82) is 0 Å². The van der Waals surface area contributed by atoms with E-state index in [4.69, 9.17) is 9.63 Å². The summed E-state index contributed by atoms with van der Waals surface area (Å²) < 4.78 is 16.1. The molecule has 2 unspecified atom stereocenters. The zero-order valence-electron chi connectivity index (χ0n) is 9.76. The molecule has 1 aromatic carbocycles. The highest BCUT2D eigenvalue weighted by Crippen LogP contribution is 2.27. The van der Waals surface area contributed by atoms with Gasteiger partial charge in [-0.25, -0.2) is 0 Å². The van der Waals surface area contributed by atoms with E-state index in [2.05, 4.69) is 0 Å². The molecule has 0 aliphatic heterocycles. The molecular formula is C12H17O4P. The Morgan fingerprint density at radius 1 is 1.41 bits per heavy atom. The highest BCUT2D eigenvalue weighted by atomic mass is 31.1. The summed E-state index contributed by atoms with van der Waals surface area (Å²) in [6, 6.07) is 9.25. The summed E-state index contributed by atoms with van der Waals surface area (Å²) in [5.41, 5.74) is 0.00224. The maximum atomic E-state index is 11.6. The largest absolute Gasteiger partial charge is 0.460 e. The standard InChI is InChI=1S/C12H17O4P/c1-2-6-11(17(14)15)12(13)16-9-10-7-4-3-5-8-10/h3-5,7-8,11,17H,2,6,9H2,1H3,(H,14,15). The quantitative estimate of drug-likeness (QED) is 0.627. The third-order valence-corrected chi connectivity index (χ3v) is 3.50. The maximum absolute atomic E-state index is 11.6. The lowest BCUT2D eigenvalue weighted by molar-refractivity contribution is -0.144. The summed E-state index contributed by atoms with van der Waals surface area (Å²) in [5.74, 6) is -0.581. The third-order valence-electron chi connectivity index (χ3n) is 2.38. The van der Waals surface area contributed by atoms with Gasteiger partial charge >= 0.3 is 5.97 Å². The molecule has 0 fully saturated rings. The Labute approximate surface area is 101 Å². The van der Waals surface area contributed by atoms with Crippen molar-refractivity contribution in [2.24, 2.45) is 0 Å². The summed E-state index contributed by atoms with van der Waals surface area (Å²) in [7, 11) is -2.86. The van der Waals surface area contributed by atoms with Crippen molar-refractivity contribution in [3.8, 4) is 0 Å². The highest BCUT2D eigenvalue weighted by molar-refractivity contribution is 7.40. The fourth-order valence-electron chi connectivity index (χ4n) is 1.46. The average molecular weight is 256 g/mol. The van der Waals surface area contributed by atoms with Crippen LogP contribution < -0.4 is 0 Å². The van der Waals surface area contributed by atoms with E-state index in [1.807, 2.05) is 37.3 Å². The second-order valence-corrected chi connectivity index (χ2v) is 5.15. The van der Waals surface area contributed by atoms with E-state index in [9.17, 15) is 9.36 Å². The van der Waals surface area contributed by atoms with Crippen molar-refractivity contribution in [2.45, 2.75) is 32.0 Å². The Hall–Kier alpha value is -1.12. The number of benzene rings is 1. The minimum absolute atomic E-state index is 0.148. The van der Waals surface area contributed by atoms with Gasteiger partial charge in [0, 0.05) is 0 Å². The summed E-state index contributed by atoms with van der Waals surface area (Å²) in [4.78, 5) is 20.6. The summed E-state index contributed by atoms with van der Waals surface area (Å²) in [6.07, 6.45) is 1.07.